The van der Waals surface area contributed by atoms with Crippen molar-refractivity contribution in [3.05, 3.63) is 215 Å². The molecule has 12 atom stereocenters. The van der Waals surface area contributed by atoms with E-state index in [1.165, 1.54) is 54.2 Å². The lowest BCUT2D eigenvalue weighted by Crippen LogP contribution is -2.61. The maximum Gasteiger partial charge on any atom is 0.273 e. The average molecular weight is 1800 g/mol. The fraction of sp³-hybridized carbons (Fsp3) is 0.393. The van der Waals surface area contributed by atoms with Crippen LogP contribution in [0, 0.1) is 16.7 Å². The average Bonchev–Trinajstić information content (AvgIpc) is 1.63. The number of benzene rings is 6. The molecule has 2 fully saturated rings. The number of fused-ring (bicyclic) bond motifs is 2. The SMILES string of the molecule is CN[C@@H](C)C(=O)N[C@H](C(=O)N1C[C@@H]2C[C@H]1C(=O)C[C@@H](Cc1ccc3ccccc3c1)C(=O)N[C@H](C(=O)NS(=O)(=O)c1cccs1)Cc1ccc(cc1)OCc1cn(nn1)[C@H]1C[C@@H](C(=O)N[C@@H](Cc3ccc4ccccc4c3)C(=O)N[C@H](C(=O)NS(=O)(=O)c3cccs3)Cc3ccc(cc3)OCc3cn2nn3)N(C(=O)[C@@H](NC(=O)[C@H](C)NC)C(C)(C)C)C1)C(C)(C)C. The Kier molecular flexibility index (Phi) is 28.5. The van der Waals surface area contributed by atoms with Crippen molar-refractivity contribution in [3.8, 4) is 11.5 Å². The summed E-state index contributed by atoms with van der Waals surface area (Å²) in [4.78, 5) is 153. The van der Waals surface area contributed by atoms with Crippen molar-refractivity contribution in [1.82, 2.24) is 86.4 Å². The second-order valence-corrected chi connectivity index (χ2v) is 39.9. The van der Waals surface area contributed by atoms with Gasteiger partial charge in [0.25, 0.3) is 31.9 Å². The molecule has 9 amide bonds. The van der Waals surface area contributed by atoms with Gasteiger partial charge in [0.2, 0.25) is 41.4 Å². The number of hydrogen-bond acceptors (Lipinski definition) is 24. The Balaban J connectivity index is 0.870. The summed E-state index contributed by atoms with van der Waals surface area (Å²) in [6.07, 6.45) is 1.62. The van der Waals surface area contributed by atoms with Crippen molar-refractivity contribution in [2.45, 2.75) is 188 Å². The number of sulfonamides is 2. The molecule has 9 N–H and O–H groups in total. The zero-order chi connectivity index (χ0) is 90.1. The van der Waals surface area contributed by atoms with E-state index >= 15 is 28.8 Å². The van der Waals surface area contributed by atoms with E-state index < -0.39 is 169 Å². The molecule has 2 saturated heterocycles. The molecular weight excluding hydrogens is 1690 g/mol. The van der Waals surface area contributed by atoms with Crippen molar-refractivity contribution in [2.24, 2.45) is 16.7 Å². The minimum atomic E-state index is -4.51. The van der Waals surface area contributed by atoms with Crippen LogP contribution in [-0.4, -0.2) is 197 Å². The predicted molar refractivity (Wildman–Crippen MR) is 471 cm³/mol. The molecule has 6 aromatic carbocycles. The van der Waals surface area contributed by atoms with Crippen LogP contribution in [0.3, 0.4) is 0 Å². The Morgan fingerprint density at radius 2 is 0.921 bits per heavy atom. The monoisotopic (exact) mass is 1790 g/mol. The second-order valence-electron chi connectivity index (χ2n) is 34.2. The molecule has 126 heavy (non-hydrogen) atoms. The number of likely N-dealkylation sites (tertiary alicyclic amines) is 2. The molecule has 10 aromatic rings. The van der Waals surface area contributed by atoms with Crippen LogP contribution in [0.5, 0.6) is 11.5 Å². The molecule has 37 heteroatoms. The third kappa shape index (κ3) is 22.4. The van der Waals surface area contributed by atoms with Crippen LogP contribution in [0.2, 0.25) is 0 Å². The lowest BCUT2D eigenvalue weighted by molar-refractivity contribution is -0.144. The van der Waals surface area contributed by atoms with Gasteiger partial charge in [0.1, 0.15) is 80.8 Å². The molecule has 6 aliphatic heterocycles. The van der Waals surface area contributed by atoms with Gasteiger partial charge in [-0.1, -0.05) is 173 Å². The van der Waals surface area contributed by atoms with Gasteiger partial charge < -0.3 is 56.5 Å². The number of hydrogen-bond donors (Lipinski definition) is 9. The Morgan fingerprint density at radius 1 is 0.500 bits per heavy atom. The number of ketones is 1. The molecule has 0 spiro atoms. The van der Waals surface area contributed by atoms with Gasteiger partial charge in [-0.2, -0.15) is 0 Å². The molecule has 6 aliphatic rings. The number of Topliss-reactive ketones (excluding diaryl/α,β-unsaturated/α-hetero) is 1. The van der Waals surface area contributed by atoms with Gasteiger partial charge in [-0.25, -0.2) is 35.6 Å². The summed E-state index contributed by atoms with van der Waals surface area (Å²) < 4.78 is 75.2. The summed E-state index contributed by atoms with van der Waals surface area (Å²) in [7, 11) is -5.82. The van der Waals surface area contributed by atoms with Gasteiger partial charge in [0.05, 0.1) is 42.6 Å². The van der Waals surface area contributed by atoms with E-state index in [1.54, 1.807) is 136 Å². The molecule has 0 saturated carbocycles. The van der Waals surface area contributed by atoms with Crippen molar-refractivity contribution in [2.75, 3.05) is 27.2 Å². The number of amides is 9. The third-order valence-electron chi connectivity index (χ3n) is 22.9. The van der Waals surface area contributed by atoms with Crippen LogP contribution < -0.4 is 56.1 Å². The predicted octanol–water partition coefficient (Wildman–Crippen LogP) is 6.34. The van der Waals surface area contributed by atoms with Crippen molar-refractivity contribution in [1.29, 1.82) is 0 Å². The van der Waals surface area contributed by atoms with E-state index in [0.29, 0.717) is 39.4 Å². The Morgan fingerprint density at radius 3 is 1.35 bits per heavy atom. The van der Waals surface area contributed by atoms with Gasteiger partial charge in [0.15, 0.2) is 5.78 Å². The summed E-state index contributed by atoms with van der Waals surface area (Å²) in [5.74, 6) is -8.17. The topological polar surface area (TPSA) is 434 Å². The highest BCUT2D eigenvalue weighted by Crippen LogP contribution is 2.36. The number of carbonyl (C=O) groups is 10. The van der Waals surface area contributed by atoms with Crippen molar-refractivity contribution >= 4 is 123 Å². The molecule has 0 aliphatic carbocycles. The first kappa shape index (κ1) is 91.5. The normalized spacial score (nSPS) is 20.7. The van der Waals surface area contributed by atoms with Crippen LogP contribution in [0.25, 0.3) is 21.5 Å². The van der Waals surface area contributed by atoms with E-state index in [0.717, 1.165) is 44.2 Å². The molecule has 664 valence electrons. The molecule has 0 radical (unpaired) electrons. The van der Waals surface area contributed by atoms with Crippen LogP contribution in [0.4, 0.5) is 0 Å². The Hall–Kier alpha value is -12.2. The zero-order valence-electron chi connectivity index (χ0n) is 71.3. The summed E-state index contributed by atoms with van der Waals surface area (Å²) in [6, 6.07) is 31.8. The lowest BCUT2D eigenvalue weighted by Gasteiger charge is -2.36. The first-order chi connectivity index (χ1) is 60.0. The summed E-state index contributed by atoms with van der Waals surface area (Å²) in [5, 5.41) is 44.4. The van der Waals surface area contributed by atoms with E-state index in [9.17, 15) is 36.0 Å². The van der Waals surface area contributed by atoms with E-state index in [-0.39, 0.29) is 79.0 Å². The number of aromatic nitrogens is 6. The zero-order valence-corrected chi connectivity index (χ0v) is 74.5. The van der Waals surface area contributed by atoms with Crippen LogP contribution in [0.1, 0.15) is 120 Å². The Labute approximate surface area is 737 Å². The van der Waals surface area contributed by atoms with E-state index in [2.05, 4.69) is 67.3 Å². The van der Waals surface area contributed by atoms with Crippen molar-refractivity contribution < 1.29 is 74.3 Å². The number of thiophene rings is 2. The van der Waals surface area contributed by atoms with Crippen molar-refractivity contribution in [3.63, 3.8) is 0 Å². The minimum Gasteiger partial charge on any atom is -0.487 e. The first-order valence-electron chi connectivity index (χ1n) is 41.4. The van der Waals surface area contributed by atoms with Gasteiger partial charge in [-0.05, 0) is 143 Å². The lowest BCUT2D eigenvalue weighted by atomic mass is 9.85. The number of likely N-dealkylation sites (N-methyl/N-ethyl adjacent to an activating group) is 2. The van der Waals surface area contributed by atoms with Gasteiger partial charge in [-0.15, -0.1) is 32.9 Å². The van der Waals surface area contributed by atoms with E-state index in [1.807, 2.05) is 78.9 Å². The van der Waals surface area contributed by atoms with Gasteiger partial charge in [-0.3, -0.25) is 47.9 Å². The van der Waals surface area contributed by atoms with E-state index in [4.69, 9.17) is 9.47 Å². The number of carbonyl (C=O) groups excluding carboxylic acids is 10. The summed E-state index contributed by atoms with van der Waals surface area (Å²) >= 11 is 1.74. The standard InChI is InChI=1S/C89H103N17O16S4/c1-52(90-9)79(108)95-77(88(3,4)5)86(115)103-48-65-44-72(103)74(107)43-62(39-56-23-29-58-17-11-13-19-60(58)37-56)81(110)92-70(83(112)99-125(117,118)75-21-15-35-123-75)40-54-25-31-67(32-26-54)122-51-64-47-106(102-98-64)66-45-73(104(49-66)87(116)78(89(6,7)8)96-80(109)53(2)91-10)85(114)94-69(42-57-24-30-59-18-12-14-20-61(59)38-57)82(111)93-71(84(113)100-126(119,120)76-22-16-36-124-76)41-55-27-33-68(34-28-55)121-50-63-46-105(65)101-97-63/h11-38,46-47,52-53,62,65-66,69-73,77-78,90-91H,39-45,48-51H2,1-10H3,(H,92,110)(H,93,111)(H,94,114)(H,95,108)(H,96,109)(H,99,112)(H,100,113)/t52-,53-,62+,65-,66-,69-,70-,71-,72-,73-,77+,78+/m0/s1. The highest BCUT2D eigenvalue weighted by atomic mass is 32.3. The molecule has 4 aromatic heterocycles. The largest absolute Gasteiger partial charge is 0.487 e. The molecule has 12 bridgehead atoms. The molecular formula is C89H103N17O16S4. The Bertz CT molecular complexity index is 5540. The maximum atomic E-state index is 15.8. The second kappa shape index (κ2) is 39.2. The molecule has 33 nitrogen and oxygen atoms in total. The fourth-order valence-electron chi connectivity index (χ4n) is 15.5. The first-order valence-corrected chi connectivity index (χ1v) is 46.1. The number of rotatable bonds is 18. The molecule has 0 unspecified atom stereocenters. The third-order valence-corrected chi connectivity index (χ3v) is 28.4. The highest BCUT2D eigenvalue weighted by molar-refractivity contribution is 7.92. The fourth-order valence-corrected chi connectivity index (χ4v) is 19.5. The maximum absolute atomic E-state index is 15.8. The van der Waals surface area contributed by atoms with Crippen LogP contribution in [-0.2, 0) is 107 Å². The minimum absolute atomic E-state index is 0.0529. The van der Waals surface area contributed by atoms with Crippen LogP contribution in [0.15, 0.2) is 189 Å². The van der Waals surface area contributed by atoms with Gasteiger partial charge >= 0.3 is 0 Å². The smallest absolute Gasteiger partial charge is 0.273 e. The summed E-state index contributed by atoms with van der Waals surface area (Å²) in [6.45, 7) is 13.2. The molecule has 10 heterocycles. The van der Waals surface area contributed by atoms with Gasteiger partial charge in [0, 0.05) is 51.1 Å². The number of ether oxygens (including phenoxy) is 2. The molecule has 16 rings (SSSR count). The number of nitrogens with zero attached hydrogens (tertiary/aromatic N) is 8. The number of nitrogens with one attached hydrogen (secondary N) is 9. The summed E-state index contributed by atoms with van der Waals surface area (Å²) in [5.41, 5.74) is 0.754. The quantitative estimate of drug-likeness (QED) is 0.0452. The van der Waals surface area contributed by atoms with Crippen LogP contribution >= 0.6 is 22.7 Å². The highest BCUT2D eigenvalue weighted by Gasteiger charge is 2.49.